The molecule has 0 fully saturated rings. The van der Waals surface area contributed by atoms with E-state index in [0.29, 0.717) is 19.5 Å². The summed E-state index contributed by atoms with van der Waals surface area (Å²) >= 11 is 0. The second-order valence-corrected chi connectivity index (χ2v) is 4.39. The summed E-state index contributed by atoms with van der Waals surface area (Å²) in [6.45, 7) is 1.84. The van der Waals surface area contributed by atoms with Gasteiger partial charge >= 0.3 is 0 Å². The van der Waals surface area contributed by atoms with Gasteiger partial charge in [-0.2, -0.15) is 0 Å². The molecule has 0 unspecified atom stereocenters. The number of nitrogens with zero attached hydrogens (tertiary/aromatic N) is 2. The first-order chi connectivity index (χ1) is 9.84. The van der Waals surface area contributed by atoms with Crippen molar-refractivity contribution in [1.29, 1.82) is 0 Å². The summed E-state index contributed by atoms with van der Waals surface area (Å²) in [6, 6.07) is 9.55. The lowest BCUT2D eigenvalue weighted by Crippen LogP contribution is -2.27. The molecule has 0 atom stereocenters. The van der Waals surface area contributed by atoms with E-state index in [9.17, 15) is 4.79 Å². The highest BCUT2D eigenvalue weighted by Crippen LogP contribution is 1.95. The molecule has 0 saturated carbocycles. The largest absolute Gasteiger partial charge is 0.350 e. The van der Waals surface area contributed by atoms with Gasteiger partial charge in [0.05, 0.1) is 12.2 Å². The van der Waals surface area contributed by atoms with Gasteiger partial charge in [0.1, 0.15) is 0 Å². The van der Waals surface area contributed by atoms with E-state index in [1.165, 1.54) is 0 Å². The van der Waals surface area contributed by atoms with E-state index < -0.39 is 0 Å². The van der Waals surface area contributed by atoms with Gasteiger partial charge in [-0.3, -0.25) is 14.8 Å². The number of rotatable bonds is 7. The Bertz CT molecular complexity index is 516. The Hall–Kier alpha value is -2.27. The average molecular weight is 270 g/mol. The van der Waals surface area contributed by atoms with Gasteiger partial charge in [-0.25, -0.2) is 0 Å². The summed E-state index contributed by atoms with van der Waals surface area (Å²) in [7, 11) is 0. The Morgan fingerprint density at radius 1 is 1.10 bits per heavy atom. The van der Waals surface area contributed by atoms with Crippen molar-refractivity contribution in [3.8, 4) is 0 Å². The molecule has 2 rings (SSSR count). The summed E-state index contributed by atoms with van der Waals surface area (Å²) in [4.78, 5) is 19.8. The van der Waals surface area contributed by atoms with Crippen LogP contribution < -0.4 is 10.6 Å². The zero-order valence-corrected chi connectivity index (χ0v) is 11.2. The van der Waals surface area contributed by atoms with Crippen LogP contribution in [0.15, 0.2) is 48.9 Å². The molecule has 0 aliphatic heterocycles. The molecule has 5 heteroatoms. The quantitative estimate of drug-likeness (QED) is 0.744. The number of amides is 1. The summed E-state index contributed by atoms with van der Waals surface area (Å²) in [5.41, 5.74) is 1.98. The van der Waals surface area contributed by atoms with Gasteiger partial charge in [-0.15, -0.1) is 0 Å². The first-order valence-corrected chi connectivity index (χ1v) is 6.61. The highest BCUT2D eigenvalue weighted by Gasteiger charge is 2.01. The minimum atomic E-state index is 0.0225. The second kappa shape index (κ2) is 8.01. The zero-order chi connectivity index (χ0) is 14.0. The summed E-state index contributed by atoms with van der Waals surface area (Å²) in [5, 5.41) is 6.06. The molecule has 0 aromatic carbocycles. The molecule has 0 spiro atoms. The molecule has 2 aromatic rings. The minimum Gasteiger partial charge on any atom is -0.350 e. The van der Waals surface area contributed by atoms with E-state index in [0.717, 1.165) is 17.8 Å². The summed E-state index contributed by atoms with van der Waals surface area (Å²) in [6.07, 6.45) is 5.73. The van der Waals surface area contributed by atoms with E-state index >= 15 is 0 Å². The predicted octanol–water partition coefficient (Wildman–Crippen LogP) is 1.27. The number of hydrogen-bond donors (Lipinski definition) is 2. The predicted molar refractivity (Wildman–Crippen MR) is 76.6 cm³/mol. The number of hydrogen-bond acceptors (Lipinski definition) is 4. The van der Waals surface area contributed by atoms with Crippen LogP contribution in [0, 0.1) is 0 Å². The smallest absolute Gasteiger partial charge is 0.221 e. The second-order valence-electron chi connectivity index (χ2n) is 4.39. The fourth-order valence-corrected chi connectivity index (χ4v) is 1.72. The number of carbonyl (C=O) groups excluding carboxylic acids is 1. The van der Waals surface area contributed by atoms with E-state index in [1.54, 1.807) is 12.4 Å². The molecular formula is C15H18N4O. The molecule has 104 valence electrons. The van der Waals surface area contributed by atoms with Gasteiger partial charge in [-0.05, 0) is 23.8 Å². The number of pyridine rings is 2. The van der Waals surface area contributed by atoms with Crippen molar-refractivity contribution < 1.29 is 4.79 Å². The van der Waals surface area contributed by atoms with Gasteiger partial charge in [0, 0.05) is 38.1 Å². The molecular weight excluding hydrogens is 252 g/mol. The number of aromatic nitrogens is 2. The van der Waals surface area contributed by atoms with E-state index in [4.69, 9.17) is 0 Å². The van der Waals surface area contributed by atoms with Crippen molar-refractivity contribution in [1.82, 2.24) is 20.6 Å². The minimum absolute atomic E-state index is 0.0225. The standard InChI is InChI=1S/C15H18N4O/c20-15(19-12-14-5-1-2-8-18-14)6-9-17-11-13-4-3-7-16-10-13/h1-5,7-8,10,17H,6,9,11-12H2,(H,19,20). The Morgan fingerprint density at radius 2 is 2.05 bits per heavy atom. The lowest BCUT2D eigenvalue weighted by Gasteiger charge is -2.06. The van der Waals surface area contributed by atoms with E-state index in [2.05, 4.69) is 20.6 Å². The van der Waals surface area contributed by atoms with Crippen molar-refractivity contribution in [3.63, 3.8) is 0 Å². The van der Waals surface area contributed by atoms with E-state index in [1.807, 2.05) is 36.5 Å². The SMILES string of the molecule is O=C(CCNCc1cccnc1)NCc1ccccn1. The molecule has 2 N–H and O–H groups in total. The average Bonchev–Trinajstić information content (AvgIpc) is 2.52. The Labute approximate surface area is 118 Å². The van der Waals surface area contributed by atoms with Gasteiger partial charge in [-0.1, -0.05) is 12.1 Å². The third kappa shape index (κ3) is 5.16. The Kier molecular flexibility index (Phi) is 5.67. The van der Waals surface area contributed by atoms with Gasteiger partial charge in [0.25, 0.3) is 0 Å². The molecule has 0 aliphatic rings. The van der Waals surface area contributed by atoms with Gasteiger partial charge in [0.15, 0.2) is 0 Å². The molecule has 0 saturated heterocycles. The maximum absolute atomic E-state index is 11.6. The van der Waals surface area contributed by atoms with Crippen LogP contribution in [0.3, 0.4) is 0 Å². The van der Waals surface area contributed by atoms with Crippen LogP contribution in [0.4, 0.5) is 0 Å². The summed E-state index contributed by atoms with van der Waals surface area (Å²) < 4.78 is 0. The van der Waals surface area contributed by atoms with Crippen LogP contribution in [-0.2, 0) is 17.9 Å². The highest BCUT2D eigenvalue weighted by atomic mass is 16.1. The molecule has 2 aromatic heterocycles. The van der Waals surface area contributed by atoms with Crippen LogP contribution in [-0.4, -0.2) is 22.4 Å². The van der Waals surface area contributed by atoms with Crippen LogP contribution in [0.25, 0.3) is 0 Å². The fraction of sp³-hybridized carbons (Fsp3) is 0.267. The van der Waals surface area contributed by atoms with Crippen LogP contribution in [0.1, 0.15) is 17.7 Å². The van der Waals surface area contributed by atoms with Crippen molar-refractivity contribution in [3.05, 3.63) is 60.2 Å². The Morgan fingerprint density at radius 3 is 2.80 bits per heavy atom. The van der Waals surface area contributed by atoms with Crippen LogP contribution in [0.5, 0.6) is 0 Å². The Balaban J connectivity index is 1.59. The lowest BCUT2D eigenvalue weighted by atomic mass is 10.3. The third-order valence-electron chi connectivity index (χ3n) is 2.77. The highest BCUT2D eigenvalue weighted by molar-refractivity contribution is 5.75. The fourth-order valence-electron chi connectivity index (χ4n) is 1.72. The van der Waals surface area contributed by atoms with Gasteiger partial charge < -0.3 is 10.6 Å². The van der Waals surface area contributed by atoms with Crippen LogP contribution >= 0.6 is 0 Å². The van der Waals surface area contributed by atoms with Crippen LogP contribution in [0.2, 0.25) is 0 Å². The zero-order valence-electron chi connectivity index (χ0n) is 11.2. The molecule has 0 bridgehead atoms. The molecule has 0 aliphatic carbocycles. The van der Waals surface area contributed by atoms with Crippen molar-refractivity contribution in [2.45, 2.75) is 19.5 Å². The lowest BCUT2D eigenvalue weighted by molar-refractivity contribution is -0.121. The maximum Gasteiger partial charge on any atom is 0.221 e. The monoisotopic (exact) mass is 270 g/mol. The van der Waals surface area contributed by atoms with E-state index in [-0.39, 0.29) is 5.91 Å². The molecule has 2 heterocycles. The molecule has 1 amide bonds. The maximum atomic E-state index is 11.6. The van der Waals surface area contributed by atoms with Gasteiger partial charge in [0.2, 0.25) is 5.91 Å². The molecule has 0 radical (unpaired) electrons. The third-order valence-corrected chi connectivity index (χ3v) is 2.77. The first kappa shape index (κ1) is 14.1. The summed E-state index contributed by atoms with van der Waals surface area (Å²) in [5.74, 6) is 0.0225. The number of nitrogens with one attached hydrogen (secondary N) is 2. The normalized spacial score (nSPS) is 10.2. The van der Waals surface area contributed by atoms with Crippen molar-refractivity contribution in [2.75, 3.05) is 6.54 Å². The van der Waals surface area contributed by atoms with Crippen molar-refractivity contribution in [2.24, 2.45) is 0 Å². The first-order valence-electron chi connectivity index (χ1n) is 6.61. The van der Waals surface area contributed by atoms with Crippen molar-refractivity contribution >= 4 is 5.91 Å². The molecule has 20 heavy (non-hydrogen) atoms. The molecule has 5 nitrogen and oxygen atoms in total. The number of carbonyl (C=O) groups is 1. The topological polar surface area (TPSA) is 66.9 Å².